The van der Waals surface area contributed by atoms with Crippen molar-refractivity contribution in [2.75, 3.05) is 40.3 Å². The average molecular weight is 284 g/mol. The average Bonchev–Trinajstić information content (AvgIpc) is 2.30. The second-order valence-electron chi connectivity index (χ2n) is 8.13. The molecular formula is C17H37N3. The molecule has 0 radical (unpaired) electrons. The highest BCUT2D eigenvalue weighted by Gasteiger charge is 2.24. The van der Waals surface area contributed by atoms with Gasteiger partial charge in [-0.05, 0) is 72.6 Å². The number of nitrogens with zero attached hydrogens (tertiary/aromatic N) is 2. The van der Waals surface area contributed by atoms with Gasteiger partial charge in [0, 0.05) is 24.7 Å². The summed E-state index contributed by atoms with van der Waals surface area (Å²) in [6.07, 6.45) is 2.72. The van der Waals surface area contributed by atoms with Crippen LogP contribution in [0.15, 0.2) is 0 Å². The van der Waals surface area contributed by atoms with Crippen molar-refractivity contribution in [2.24, 2.45) is 11.8 Å². The van der Waals surface area contributed by atoms with Gasteiger partial charge in [-0.3, -0.25) is 0 Å². The van der Waals surface area contributed by atoms with Crippen molar-refractivity contribution in [3.8, 4) is 0 Å². The molecule has 1 unspecified atom stereocenters. The number of hydrogen-bond donors (Lipinski definition) is 1. The summed E-state index contributed by atoms with van der Waals surface area (Å²) in [4.78, 5) is 5.05. The fourth-order valence-corrected chi connectivity index (χ4v) is 3.10. The number of likely N-dealkylation sites (N-methyl/N-ethyl adjacent to an activating group) is 1. The summed E-state index contributed by atoms with van der Waals surface area (Å²) in [6, 6.07) is 0.633. The SMILES string of the molecule is CC(C)C(CNC(C)(C)C)N(C)CC1CCN(C)CC1. The van der Waals surface area contributed by atoms with Gasteiger partial charge in [-0.2, -0.15) is 0 Å². The van der Waals surface area contributed by atoms with Crippen molar-refractivity contribution in [1.82, 2.24) is 15.1 Å². The molecule has 1 N–H and O–H groups in total. The molecule has 0 aromatic carbocycles. The third kappa shape index (κ3) is 6.55. The lowest BCUT2D eigenvalue weighted by Crippen LogP contribution is -2.50. The third-order valence-corrected chi connectivity index (χ3v) is 4.56. The van der Waals surface area contributed by atoms with E-state index in [0.717, 1.165) is 12.5 Å². The Morgan fingerprint density at radius 3 is 2.20 bits per heavy atom. The van der Waals surface area contributed by atoms with Crippen molar-refractivity contribution in [3.63, 3.8) is 0 Å². The highest BCUT2D eigenvalue weighted by atomic mass is 15.2. The Morgan fingerprint density at radius 2 is 1.75 bits per heavy atom. The van der Waals surface area contributed by atoms with Crippen LogP contribution in [0, 0.1) is 11.8 Å². The molecule has 1 aliphatic rings. The van der Waals surface area contributed by atoms with E-state index in [4.69, 9.17) is 0 Å². The van der Waals surface area contributed by atoms with Gasteiger partial charge in [-0.15, -0.1) is 0 Å². The first-order valence-corrected chi connectivity index (χ1v) is 8.33. The van der Waals surface area contributed by atoms with E-state index in [2.05, 4.69) is 63.8 Å². The summed E-state index contributed by atoms with van der Waals surface area (Å²) >= 11 is 0. The van der Waals surface area contributed by atoms with E-state index < -0.39 is 0 Å². The molecule has 120 valence electrons. The van der Waals surface area contributed by atoms with Crippen molar-refractivity contribution >= 4 is 0 Å². The molecule has 3 nitrogen and oxygen atoms in total. The maximum absolute atomic E-state index is 3.68. The van der Waals surface area contributed by atoms with Crippen LogP contribution >= 0.6 is 0 Å². The van der Waals surface area contributed by atoms with E-state index in [1.54, 1.807) is 0 Å². The molecule has 1 saturated heterocycles. The third-order valence-electron chi connectivity index (χ3n) is 4.56. The van der Waals surface area contributed by atoms with Crippen LogP contribution in [0.5, 0.6) is 0 Å². The number of likely N-dealkylation sites (tertiary alicyclic amines) is 1. The molecule has 0 saturated carbocycles. The minimum Gasteiger partial charge on any atom is -0.311 e. The van der Waals surface area contributed by atoms with E-state index in [1.165, 1.54) is 32.5 Å². The lowest BCUT2D eigenvalue weighted by Gasteiger charge is -2.38. The second-order valence-corrected chi connectivity index (χ2v) is 8.13. The van der Waals surface area contributed by atoms with Crippen molar-refractivity contribution in [2.45, 2.75) is 59.0 Å². The fourth-order valence-electron chi connectivity index (χ4n) is 3.10. The van der Waals surface area contributed by atoms with Gasteiger partial charge in [0.05, 0.1) is 0 Å². The lowest BCUT2D eigenvalue weighted by atomic mass is 9.94. The van der Waals surface area contributed by atoms with E-state index in [0.29, 0.717) is 12.0 Å². The zero-order chi connectivity index (χ0) is 15.3. The Balaban J connectivity index is 2.45. The normalized spacial score (nSPS) is 20.9. The molecule has 0 amide bonds. The van der Waals surface area contributed by atoms with Crippen LogP contribution < -0.4 is 5.32 Å². The predicted molar refractivity (Wildman–Crippen MR) is 89.2 cm³/mol. The van der Waals surface area contributed by atoms with Crippen LogP contribution in [0.3, 0.4) is 0 Å². The summed E-state index contributed by atoms with van der Waals surface area (Å²) < 4.78 is 0. The molecule has 0 aliphatic carbocycles. The molecule has 20 heavy (non-hydrogen) atoms. The molecule has 0 aromatic heterocycles. The Kier molecular flexibility index (Phi) is 6.96. The van der Waals surface area contributed by atoms with Crippen molar-refractivity contribution in [3.05, 3.63) is 0 Å². The quantitative estimate of drug-likeness (QED) is 0.808. The second kappa shape index (κ2) is 7.77. The Labute approximate surface area is 127 Å². The predicted octanol–water partition coefficient (Wildman–Crippen LogP) is 2.67. The van der Waals surface area contributed by atoms with E-state index in [-0.39, 0.29) is 5.54 Å². The van der Waals surface area contributed by atoms with Crippen molar-refractivity contribution in [1.29, 1.82) is 0 Å². The summed E-state index contributed by atoms with van der Waals surface area (Å²) in [7, 11) is 4.55. The molecule has 1 heterocycles. The van der Waals surface area contributed by atoms with Crippen molar-refractivity contribution < 1.29 is 0 Å². The number of hydrogen-bond acceptors (Lipinski definition) is 3. The van der Waals surface area contributed by atoms with E-state index >= 15 is 0 Å². The number of piperidine rings is 1. The van der Waals surface area contributed by atoms with Crippen LogP contribution in [0.2, 0.25) is 0 Å². The first-order chi connectivity index (χ1) is 9.19. The van der Waals surface area contributed by atoms with Gasteiger partial charge in [0.1, 0.15) is 0 Å². The van der Waals surface area contributed by atoms with Gasteiger partial charge in [0.2, 0.25) is 0 Å². The molecule has 1 fully saturated rings. The first-order valence-electron chi connectivity index (χ1n) is 8.33. The monoisotopic (exact) mass is 283 g/mol. The highest BCUT2D eigenvalue weighted by molar-refractivity contribution is 4.82. The number of nitrogens with one attached hydrogen (secondary N) is 1. The minimum atomic E-state index is 0.210. The van der Waals surface area contributed by atoms with Gasteiger partial charge in [-0.1, -0.05) is 13.8 Å². The standard InChI is InChI=1S/C17H37N3/c1-14(2)16(12-18-17(3,4)5)20(7)13-15-8-10-19(6)11-9-15/h14-16,18H,8-13H2,1-7H3. The van der Waals surface area contributed by atoms with Gasteiger partial charge in [-0.25, -0.2) is 0 Å². The molecule has 1 rings (SSSR count). The van der Waals surface area contributed by atoms with E-state index in [9.17, 15) is 0 Å². The van der Waals surface area contributed by atoms with Crippen LogP contribution in [0.25, 0.3) is 0 Å². The molecule has 0 bridgehead atoms. The van der Waals surface area contributed by atoms with Crippen LogP contribution in [-0.4, -0.2) is 61.7 Å². The minimum absolute atomic E-state index is 0.210. The maximum Gasteiger partial charge on any atom is 0.0240 e. The van der Waals surface area contributed by atoms with Gasteiger partial charge in [0.25, 0.3) is 0 Å². The Hall–Kier alpha value is -0.120. The fraction of sp³-hybridized carbons (Fsp3) is 1.00. The molecular weight excluding hydrogens is 246 g/mol. The largest absolute Gasteiger partial charge is 0.311 e. The summed E-state index contributed by atoms with van der Waals surface area (Å²) in [5, 5.41) is 3.68. The zero-order valence-corrected chi connectivity index (χ0v) is 14.9. The maximum atomic E-state index is 3.68. The van der Waals surface area contributed by atoms with Gasteiger partial charge in [0.15, 0.2) is 0 Å². The lowest BCUT2D eigenvalue weighted by molar-refractivity contribution is 0.123. The van der Waals surface area contributed by atoms with Crippen LogP contribution in [0.4, 0.5) is 0 Å². The first kappa shape index (κ1) is 17.9. The van der Waals surface area contributed by atoms with Crippen LogP contribution in [0.1, 0.15) is 47.5 Å². The van der Waals surface area contributed by atoms with E-state index in [1.807, 2.05) is 0 Å². The zero-order valence-electron chi connectivity index (χ0n) is 14.9. The molecule has 0 spiro atoms. The Bertz CT molecular complexity index is 262. The summed E-state index contributed by atoms with van der Waals surface area (Å²) in [6.45, 7) is 16.3. The van der Waals surface area contributed by atoms with Gasteiger partial charge < -0.3 is 15.1 Å². The molecule has 3 heteroatoms. The number of rotatable bonds is 6. The Morgan fingerprint density at radius 1 is 1.20 bits per heavy atom. The smallest absolute Gasteiger partial charge is 0.0240 e. The summed E-state index contributed by atoms with van der Waals surface area (Å²) in [5.74, 6) is 1.58. The summed E-state index contributed by atoms with van der Waals surface area (Å²) in [5.41, 5.74) is 0.210. The highest BCUT2D eigenvalue weighted by Crippen LogP contribution is 2.19. The van der Waals surface area contributed by atoms with Crippen LogP contribution in [-0.2, 0) is 0 Å². The topological polar surface area (TPSA) is 18.5 Å². The molecule has 0 aromatic rings. The van der Waals surface area contributed by atoms with Gasteiger partial charge >= 0.3 is 0 Å². The molecule has 1 atom stereocenters. The molecule has 1 aliphatic heterocycles.